The van der Waals surface area contributed by atoms with E-state index in [2.05, 4.69) is 9.55 Å². The summed E-state index contributed by atoms with van der Waals surface area (Å²) in [5.41, 5.74) is 4.99. The summed E-state index contributed by atoms with van der Waals surface area (Å²) in [6.45, 7) is 4.03. The first-order valence-corrected chi connectivity index (χ1v) is 9.95. The summed E-state index contributed by atoms with van der Waals surface area (Å²) in [5.74, 6) is 1.70. The largest absolute Gasteiger partial charge is 0.493 e. The highest BCUT2D eigenvalue weighted by Crippen LogP contribution is 2.31. The predicted molar refractivity (Wildman–Crippen MR) is 119 cm³/mol. The molecule has 0 spiro atoms. The number of hydrogen-bond acceptors (Lipinski definition) is 5. The summed E-state index contributed by atoms with van der Waals surface area (Å²) in [7, 11) is 3.17. The quantitative estimate of drug-likeness (QED) is 0.413. The topological polar surface area (TPSA) is 62.6 Å². The van der Waals surface area contributed by atoms with Crippen LogP contribution in [0.1, 0.15) is 27.3 Å². The molecule has 0 unspecified atom stereocenters. The molecular formula is C25H24N2O4. The summed E-state index contributed by atoms with van der Waals surface area (Å²) in [6.07, 6.45) is 0. The first-order chi connectivity index (χ1) is 15.0. The molecule has 1 heterocycles. The van der Waals surface area contributed by atoms with Crippen molar-refractivity contribution in [3.05, 3.63) is 83.2 Å². The minimum atomic E-state index is -0.400. The highest BCUT2D eigenvalue weighted by Gasteiger charge is 2.15. The van der Waals surface area contributed by atoms with E-state index in [0.29, 0.717) is 17.1 Å². The average molecular weight is 416 g/mol. The maximum absolute atomic E-state index is 12.7. The summed E-state index contributed by atoms with van der Waals surface area (Å²) < 4.78 is 18.3. The molecule has 0 N–H and O–H groups in total. The Morgan fingerprint density at radius 2 is 1.65 bits per heavy atom. The van der Waals surface area contributed by atoms with E-state index in [-0.39, 0.29) is 6.61 Å². The van der Waals surface area contributed by atoms with Crippen molar-refractivity contribution in [2.24, 2.45) is 0 Å². The van der Waals surface area contributed by atoms with Gasteiger partial charge in [-0.1, -0.05) is 18.2 Å². The van der Waals surface area contributed by atoms with Crippen LogP contribution in [-0.4, -0.2) is 29.7 Å². The van der Waals surface area contributed by atoms with E-state index in [9.17, 15) is 4.79 Å². The Morgan fingerprint density at radius 3 is 2.35 bits per heavy atom. The third-order valence-corrected chi connectivity index (χ3v) is 5.27. The molecule has 0 fully saturated rings. The summed E-state index contributed by atoms with van der Waals surface area (Å²) in [6, 6.07) is 19.2. The molecular weight excluding hydrogens is 392 g/mol. The van der Waals surface area contributed by atoms with Gasteiger partial charge in [-0.15, -0.1) is 0 Å². The number of carbonyl (C=O) groups excluding carboxylic acids is 1. The molecule has 0 saturated heterocycles. The van der Waals surface area contributed by atoms with Gasteiger partial charge < -0.3 is 14.2 Å². The second-order valence-corrected chi connectivity index (χ2v) is 7.24. The van der Waals surface area contributed by atoms with Crippen LogP contribution in [0, 0.1) is 13.8 Å². The van der Waals surface area contributed by atoms with Crippen LogP contribution in [-0.2, 0) is 11.3 Å². The molecule has 0 aliphatic carbocycles. The maximum atomic E-state index is 12.7. The van der Waals surface area contributed by atoms with Gasteiger partial charge in [-0.3, -0.25) is 4.57 Å². The molecule has 4 rings (SSSR count). The molecule has 0 aliphatic heterocycles. The molecule has 0 bridgehead atoms. The third kappa shape index (κ3) is 3.97. The Kier molecular flexibility index (Phi) is 5.62. The van der Waals surface area contributed by atoms with Gasteiger partial charge in [-0.25, -0.2) is 9.78 Å². The lowest BCUT2D eigenvalue weighted by molar-refractivity contribution is 0.0472. The second kappa shape index (κ2) is 8.52. The number of aromatic nitrogens is 2. The van der Waals surface area contributed by atoms with Crippen LogP contribution in [0.3, 0.4) is 0 Å². The lowest BCUT2D eigenvalue weighted by Crippen LogP contribution is -2.06. The van der Waals surface area contributed by atoms with Crippen LogP contribution >= 0.6 is 0 Å². The smallest absolute Gasteiger partial charge is 0.338 e. The van der Waals surface area contributed by atoms with Crippen molar-refractivity contribution in [1.29, 1.82) is 0 Å². The monoisotopic (exact) mass is 416 g/mol. The molecule has 31 heavy (non-hydrogen) atoms. The Hall–Kier alpha value is -3.80. The molecule has 0 aliphatic rings. The average Bonchev–Trinajstić information content (AvgIpc) is 3.13. The second-order valence-electron chi connectivity index (χ2n) is 7.24. The number of hydrogen-bond donors (Lipinski definition) is 0. The van der Waals surface area contributed by atoms with Gasteiger partial charge in [0.2, 0.25) is 0 Å². The van der Waals surface area contributed by atoms with E-state index < -0.39 is 5.97 Å². The van der Waals surface area contributed by atoms with Gasteiger partial charge in [0.25, 0.3) is 0 Å². The SMILES string of the molecule is COc1cc(C)c(COC(=O)c2ccc3c(c2)nc(C)n3-c2ccccc2)cc1OC. The lowest BCUT2D eigenvalue weighted by atomic mass is 10.1. The molecule has 3 aromatic carbocycles. The van der Waals surface area contributed by atoms with E-state index in [1.54, 1.807) is 26.4 Å². The van der Waals surface area contributed by atoms with Gasteiger partial charge in [0, 0.05) is 5.69 Å². The van der Waals surface area contributed by atoms with Crippen LogP contribution in [0.25, 0.3) is 16.7 Å². The van der Waals surface area contributed by atoms with E-state index in [0.717, 1.165) is 33.7 Å². The number of nitrogens with zero attached hydrogens (tertiary/aromatic N) is 2. The zero-order valence-electron chi connectivity index (χ0n) is 18.0. The van der Waals surface area contributed by atoms with Crippen molar-refractivity contribution in [1.82, 2.24) is 9.55 Å². The van der Waals surface area contributed by atoms with Crippen LogP contribution in [0.4, 0.5) is 0 Å². The first kappa shape index (κ1) is 20.5. The molecule has 6 heteroatoms. The fraction of sp³-hybridized carbons (Fsp3) is 0.200. The minimum absolute atomic E-state index is 0.139. The van der Waals surface area contributed by atoms with E-state index in [1.165, 1.54) is 0 Å². The standard InChI is InChI=1S/C25H24N2O4/c1-16-12-23(29-3)24(30-4)14-19(16)15-31-25(28)18-10-11-22-21(13-18)26-17(2)27(22)20-8-6-5-7-9-20/h5-14H,15H2,1-4H3. The normalized spacial score (nSPS) is 10.8. The van der Waals surface area contributed by atoms with Crippen molar-refractivity contribution in [3.63, 3.8) is 0 Å². The Balaban J connectivity index is 1.57. The highest BCUT2D eigenvalue weighted by molar-refractivity contribution is 5.94. The maximum Gasteiger partial charge on any atom is 0.338 e. The number of carbonyl (C=O) groups is 1. The van der Waals surface area contributed by atoms with Crippen molar-refractivity contribution >= 4 is 17.0 Å². The summed E-state index contributed by atoms with van der Waals surface area (Å²) in [4.78, 5) is 17.3. The molecule has 0 radical (unpaired) electrons. The molecule has 0 amide bonds. The molecule has 158 valence electrons. The van der Waals surface area contributed by atoms with Crippen molar-refractivity contribution < 1.29 is 19.0 Å². The number of ether oxygens (including phenoxy) is 3. The van der Waals surface area contributed by atoms with Crippen LogP contribution < -0.4 is 9.47 Å². The number of esters is 1. The van der Waals surface area contributed by atoms with Crippen molar-refractivity contribution in [2.45, 2.75) is 20.5 Å². The lowest BCUT2D eigenvalue weighted by Gasteiger charge is -2.13. The van der Waals surface area contributed by atoms with Gasteiger partial charge in [0.15, 0.2) is 11.5 Å². The fourth-order valence-electron chi connectivity index (χ4n) is 3.64. The van der Waals surface area contributed by atoms with Gasteiger partial charge in [-0.2, -0.15) is 0 Å². The first-order valence-electron chi connectivity index (χ1n) is 9.95. The van der Waals surface area contributed by atoms with Crippen LogP contribution in [0.15, 0.2) is 60.7 Å². The van der Waals surface area contributed by atoms with Crippen molar-refractivity contribution in [2.75, 3.05) is 14.2 Å². The zero-order chi connectivity index (χ0) is 22.0. The van der Waals surface area contributed by atoms with Crippen LogP contribution in [0.5, 0.6) is 11.5 Å². The number of aryl methyl sites for hydroxylation is 2. The van der Waals surface area contributed by atoms with E-state index in [4.69, 9.17) is 14.2 Å². The number of benzene rings is 3. The number of rotatable bonds is 6. The molecule has 0 saturated carbocycles. The third-order valence-electron chi connectivity index (χ3n) is 5.27. The number of imidazole rings is 1. The molecule has 6 nitrogen and oxygen atoms in total. The van der Waals surface area contributed by atoms with E-state index >= 15 is 0 Å². The number of fused-ring (bicyclic) bond motifs is 1. The minimum Gasteiger partial charge on any atom is -0.493 e. The highest BCUT2D eigenvalue weighted by atomic mass is 16.5. The zero-order valence-corrected chi connectivity index (χ0v) is 18.0. The molecule has 4 aromatic rings. The van der Waals surface area contributed by atoms with Gasteiger partial charge in [0.05, 0.1) is 30.8 Å². The fourth-order valence-corrected chi connectivity index (χ4v) is 3.64. The van der Waals surface area contributed by atoms with Crippen molar-refractivity contribution in [3.8, 4) is 17.2 Å². The van der Waals surface area contributed by atoms with Gasteiger partial charge >= 0.3 is 5.97 Å². The van der Waals surface area contributed by atoms with Gasteiger partial charge in [0.1, 0.15) is 12.4 Å². The molecule has 1 aromatic heterocycles. The van der Waals surface area contributed by atoms with Crippen LogP contribution in [0.2, 0.25) is 0 Å². The number of methoxy groups -OCH3 is 2. The number of para-hydroxylation sites is 1. The Bertz CT molecular complexity index is 1250. The van der Waals surface area contributed by atoms with Gasteiger partial charge in [-0.05, 0) is 67.4 Å². The Morgan fingerprint density at radius 1 is 0.935 bits per heavy atom. The molecule has 0 atom stereocenters. The summed E-state index contributed by atoms with van der Waals surface area (Å²) in [5, 5.41) is 0. The van der Waals surface area contributed by atoms with E-state index in [1.807, 2.05) is 62.4 Å². The predicted octanol–water partition coefficient (Wildman–Crippen LogP) is 5.02. The summed E-state index contributed by atoms with van der Waals surface area (Å²) >= 11 is 0. The Labute approximate surface area is 181 Å².